The summed E-state index contributed by atoms with van der Waals surface area (Å²) in [4.78, 5) is 10.5. The predicted molar refractivity (Wildman–Crippen MR) is 68.2 cm³/mol. The van der Waals surface area contributed by atoms with Crippen LogP contribution in [0.15, 0.2) is 29.4 Å². The van der Waals surface area contributed by atoms with Crippen molar-refractivity contribution >= 4 is 28.6 Å². The maximum absolute atomic E-state index is 10.5. The zero-order chi connectivity index (χ0) is 12.4. The summed E-state index contributed by atoms with van der Waals surface area (Å²) >= 11 is 6.03. The summed E-state index contributed by atoms with van der Waals surface area (Å²) in [6.45, 7) is 0. The van der Waals surface area contributed by atoms with E-state index in [1.165, 1.54) is 11.7 Å². The lowest BCUT2D eigenvalue weighted by atomic mass is 10.3. The van der Waals surface area contributed by atoms with Crippen LogP contribution >= 0.6 is 23.6 Å². The smallest absolute Gasteiger partial charge is 0.238 e. The Bertz CT molecular complexity index is 618. The quantitative estimate of drug-likeness (QED) is 0.684. The summed E-state index contributed by atoms with van der Waals surface area (Å²) in [6.07, 6.45) is 0. The molecule has 1 aromatic heterocycles. The van der Waals surface area contributed by atoms with Crippen LogP contribution in [0.25, 0.3) is 5.69 Å². The van der Waals surface area contributed by atoms with Crippen LogP contribution in [0, 0.1) is 8.86 Å². The number of nitroso groups, excluding NO2 is 1. The first-order valence-corrected chi connectivity index (χ1v) is 5.83. The zero-order valence-corrected chi connectivity index (χ0v) is 10.4. The highest BCUT2D eigenvalue weighted by Gasteiger charge is 2.16. The zero-order valence-electron chi connectivity index (χ0n) is 8.78. The number of hydrogen-bond donors (Lipinski definition) is 1. The summed E-state index contributed by atoms with van der Waals surface area (Å²) in [5.74, 6) is 0.286. The molecule has 0 aliphatic carbocycles. The molecule has 17 heavy (non-hydrogen) atoms. The van der Waals surface area contributed by atoms with Crippen LogP contribution < -0.4 is 4.74 Å². The first-order chi connectivity index (χ1) is 8.19. The lowest BCUT2D eigenvalue weighted by molar-refractivity contribution is 0.406. The standard InChI is InChI=1S/C10H8N2O3S2/c1-15-7-5-3-2-4-6(7)12-9(13)8(11-14)17-10(12)16/h2-5,13H,1H3. The molecular weight excluding hydrogens is 260 g/mol. The van der Waals surface area contributed by atoms with E-state index < -0.39 is 0 Å². The first-order valence-electron chi connectivity index (χ1n) is 4.60. The Labute approximate surface area is 106 Å². The SMILES string of the molecule is COc1ccccc1-n1c(O)c(N=O)sc1=S. The topological polar surface area (TPSA) is 63.8 Å². The van der Waals surface area contributed by atoms with Gasteiger partial charge in [0, 0.05) is 0 Å². The molecule has 5 nitrogen and oxygen atoms in total. The summed E-state index contributed by atoms with van der Waals surface area (Å²) < 4.78 is 6.86. The molecule has 0 radical (unpaired) electrons. The Morgan fingerprint density at radius 1 is 1.47 bits per heavy atom. The average Bonchev–Trinajstić information content (AvgIpc) is 2.64. The van der Waals surface area contributed by atoms with Gasteiger partial charge in [-0.3, -0.25) is 4.57 Å². The monoisotopic (exact) mass is 268 g/mol. The molecule has 2 aromatic rings. The highest BCUT2D eigenvalue weighted by molar-refractivity contribution is 7.73. The minimum atomic E-state index is -0.264. The molecule has 0 aliphatic rings. The molecule has 88 valence electrons. The Morgan fingerprint density at radius 2 is 2.18 bits per heavy atom. The van der Waals surface area contributed by atoms with Crippen LogP contribution in [0.4, 0.5) is 5.00 Å². The lowest BCUT2D eigenvalue weighted by Crippen LogP contribution is -1.96. The largest absolute Gasteiger partial charge is 0.495 e. The number of thiazole rings is 1. The van der Waals surface area contributed by atoms with Gasteiger partial charge in [0.05, 0.1) is 12.8 Å². The third-order valence-corrected chi connectivity index (χ3v) is 3.42. The van der Waals surface area contributed by atoms with E-state index in [4.69, 9.17) is 17.0 Å². The number of hydrogen-bond acceptors (Lipinski definition) is 6. The highest BCUT2D eigenvalue weighted by Crippen LogP contribution is 2.38. The molecular formula is C10H8N2O3S2. The average molecular weight is 268 g/mol. The van der Waals surface area contributed by atoms with Gasteiger partial charge in [0.1, 0.15) is 5.75 Å². The van der Waals surface area contributed by atoms with E-state index in [-0.39, 0.29) is 10.9 Å². The van der Waals surface area contributed by atoms with Crippen molar-refractivity contribution in [1.82, 2.24) is 4.57 Å². The van der Waals surface area contributed by atoms with Gasteiger partial charge in [-0.05, 0) is 29.5 Å². The number of methoxy groups -OCH3 is 1. The highest BCUT2D eigenvalue weighted by atomic mass is 32.1. The fourth-order valence-corrected chi connectivity index (χ4v) is 2.53. The second kappa shape index (κ2) is 4.64. The Morgan fingerprint density at radius 3 is 2.76 bits per heavy atom. The van der Waals surface area contributed by atoms with E-state index in [1.54, 1.807) is 24.3 Å². The van der Waals surface area contributed by atoms with Gasteiger partial charge in [0.25, 0.3) is 0 Å². The number of rotatable bonds is 3. The van der Waals surface area contributed by atoms with Crippen molar-refractivity contribution < 1.29 is 9.84 Å². The summed E-state index contributed by atoms with van der Waals surface area (Å²) in [7, 11) is 1.52. The van der Waals surface area contributed by atoms with Gasteiger partial charge in [-0.25, -0.2) is 0 Å². The van der Waals surface area contributed by atoms with E-state index in [1.807, 2.05) is 0 Å². The molecule has 2 rings (SSSR count). The number of ether oxygens (including phenoxy) is 1. The first kappa shape index (κ1) is 11.7. The lowest BCUT2D eigenvalue weighted by Gasteiger charge is -2.09. The van der Waals surface area contributed by atoms with E-state index in [0.717, 1.165) is 11.3 Å². The minimum absolute atomic E-state index is 0.0408. The molecule has 0 amide bonds. The van der Waals surface area contributed by atoms with Crippen molar-refractivity contribution in [2.24, 2.45) is 5.18 Å². The molecule has 1 heterocycles. The molecule has 0 unspecified atom stereocenters. The third-order valence-electron chi connectivity index (χ3n) is 2.18. The number of aromatic hydroxyl groups is 1. The molecule has 0 bridgehead atoms. The van der Waals surface area contributed by atoms with Crippen molar-refractivity contribution in [3.05, 3.63) is 33.1 Å². The Hall–Kier alpha value is -1.73. The maximum atomic E-state index is 10.5. The van der Waals surface area contributed by atoms with E-state index in [9.17, 15) is 10.0 Å². The molecule has 0 aliphatic heterocycles. The maximum Gasteiger partial charge on any atom is 0.238 e. The molecule has 7 heteroatoms. The normalized spacial score (nSPS) is 10.2. The number of benzene rings is 1. The van der Waals surface area contributed by atoms with Gasteiger partial charge in [-0.15, -0.1) is 4.91 Å². The van der Waals surface area contributed by atoms with Crippen molar-refractivity contribution in [2.75, 3.05) is 7.11 Å². The Balaban J connectivity index is 2.72. The van der Waals surface area contributed by atoms with Crippen LogP contribution in [-0.4, -0.2) is 16.8 Å². The molecule has 0 fully saturated rings. The molecule has 0 saturated carbocycles. The van der Waals surface area contributed by atoms with Crippen LogP contribution in [0.2, 0.25) is 0 Å². The molecule has 1 N–H and O–H groups in total. The van der Waals surface area contributed by atoms with E-state index in [2.05, 4.69) is 5.18 Å². The van der Waals surface area contributed by atoms with Crippen LogP contribution in [0.1, 0.15) is 0 Å². The second-order valence-electron chi connectivity index (χ2n) is 3.10. The molecule has 0 saturated heterocycles. The van der Waals surface area contributed by atoms with Crippen LogP contribution in [0.5, 0.6) is 11.6 Å². The number of nitrogens with zero attached hydrogens (tertiary/aromatic N) is 2. The fourth-order valence-electron chi connectivity index (χ4n) is 1.44. The van der Waals surface area contributed by atoms with Gasteiger partial charge in [0.15, 0.2) is 3.95 Å². The predicted octanol–water partition coefficient (Wildman–Crippen LogP) is 3.38. The van der Waals surface area contributed by atoms with Gasteiger partial charge in [0.2, 0.25) is 10.9 Å². The van der Waals surface area contributed by atoms with Crippen molar-refractivity contribution in [3.8, 4) is 17.3 Å². The second-order valence-corrected chi connectivity index (χ2v) is 4.72. The molecule has 0 atom stereocenters. The summed E-state index contributed by atoms with van der Waals surface area (Å²) in [5, 5.41) is 12.5. The number of aromatic nitrogens is 1. The third kappa shape index (κ3) is 1.94. The van der Waals surface area contributed by atoms with Crippen LogP contribution in [-0.2, 0) is 0 Å². The van der Waals surface area contributed by atoms with Crippen LogP contribution in [0.3, 0.4) is 0 Å². The van der Waals surface area contributed by atoms with Crippen molar-refractivity contribution in [1.29, 1.82) is 0 Å². The van der Waals surface area contributed by atoms with Gasteiger partial charge < -0.3 is 9.84 Å². The van der Waals surface area contributed by atoms with Gasteiger partial charge in [-0.1, -0.05) is 23.5 Å². The van der Waals surface area contributed by atoms with Crippen molar-refractivity contribution in [2.45, 2.75) is 0 Å². The number of para-hydroxylation sites is 2. The van der Waals surface area contributed by atoms with Gasteiger partial charge in [-0.2, -0.15) is 0 Å². The Kier molecular flexibility index (Phi) is 3.21. The summed E-state index contributed by atoms with van der Waals surface area (Å²) in [5.41, 5.74) is 0.573. The molecule has 0 spiro atoms. The van der Waals surface area contributed by atoms with Gasteiger partial charge >= 0.3 is 0 Å². The summed E-state index contributed by atoms with van der Waals surface area (Å²) in [6, 6.07) is 7.05. The van der Waals surface area contributed by atoms with E-state index >= 15 is 0 Å². The van der Waals surface area contributed by atoms with Crippen molar-refractivity contribution in [3.63, 3.8) is 0 Å². The minimum Gasteiger partial charge on any atom is -0.495 e. The van der Waals surface area contributed by atoms with E-state index in [0.29, 0.717) is 15.4 Å². The fraction of sp³-hybridized carbons (Fsp3) is 0.100. The molecule has 1 aromatic carbocycles.